The van der Waals surface area contributed by atoms with Crippen LogP contribution in [0.5, 0.6) is 0 Å². The molecule has 0 aromatic carbocycles. The molecule has 0 spiro atoms. The fraction of sp³-hybridized carbons (Fsp3) is 0.700. The second kappa shape index (κ2) is 5.02. The highest BCUT2D eigenvalue weighted by atomic mass is 16.2. The maximum atomic E-state index is 11.2. The van der Waals surface area contributed by atoms with Crippen molar-refractivity contribution in [1.29, 1.82) is 0 Å². The quantitative estimate of drug-likeness (QED) is 0.685. The van der Waals surface area contributed by atoms with Gasteiger partial charge in [0.15, 0.2) is 0 Å². The van der Waals surface area contributed by atoms with E-state index in [1.165, 1.54) is 31.9 Å². The first-order valence-corrected chi connectivity index (χ1v) is 4.91. The number of nitrogens with one attached hydrogen (secondary N) is 1. The minimum Gasteiger partial charge on any atom is -0.332 e. The van der Waals surface area contributed by atoms with Gasteiger partial charge in [0.05, 0.1) is 6.04 Å². The highest BCUT2D eigenvalue weighted by molar-refractivity contribution is 5.82. The summed E-state index contributed by atoms with van der Waals surface area (Å²) in [7, 11) is 0. The van der Waals surface area contributed by atoms with E-state index < -0.39 is 0 Å². The molecule has 1 atom stereocenters. The van der Waals surface area contributed by atoms with Gasteiger partial charge in [0.1, 0.15) is 0 Å². The standard InChI is InChI=1S/C10H18N2O/c1-2-12-10(13)9(11)7-8-5-3-4-6-8/h2,8-9H,1,3-7,11H2,(H,12,13)/t9-/m0/s1. The molecule has 0 aromatic heterocycles. The zero-order valence-electron chi connectivity index (χ0n) is 7.96. The molecule has 74 valence electrons. The Morgan fingerprint density at radius 1 is 1.62 bits per heavy atom. The second-order valence-electron chi connectivity index (χ2n) is 3.71. The van der Waals surface area contributed by atoms with Crippen molar-refractivity contribution in [2.75, 3.05) is 0 Å². The Labute approximate surface area is 79.4 Å². The van der Waals surface area contributed by atoms with Gasteiger partial charge < -0.3 is 11.1 Å². The van der Waals surface area contributed by atoms with Crippen molar-refractivity contribution >= 4 is 5.91 Å². The number of rotatable bonds is 4. The molecule has 0 bridgehead atoms. The van der Waals surface area contributed by atoms with E-state index in [0.717, 1.165) is 6.42 Å². The highest BCUT2D eigenvalue weighted by Gasteiger charge is 2.21. The lowest BCUT2D eigenvalue weighted by atomic mass is 9.98. The molecule has 0 aliphatic heterocycles. The molecule has 3 N–H and O–H groups in total. The fourth-order valence-corrected chi connectivity index (χ4v) is 1.92. The Morgan fingerprint density at radius 2 is 2.23 bits per heavy atom. The predicted molar refractivity (Wildman–Crippen MR) is 52.9 cm³/mol. The predicted octanol–water partition coefficient (Wildman–Crippen LogP) is 1.15. The molecule has 1 aliphatic carbocycles. The molecule has 1 rings (SSSR count). The van der Waals surface area contributed by atoms with Gasteiger partial charge >= 0.3 is 0 Å². The normalized spacial score (nSPS) is 19.8. The van der Waals surface area contributed by atoms with E-state index in [1.807, 2.05) is 0 Å². The minimum atomic E-state index is -0.360. The van der Waals surface area contributed by atoms with Crippen LogP contribution in [0.1, 0.15) is 32.1 Å². The van der Waals surface area contributed by atoms with E-state index in [9.17, 15) is 4.79 Å². The molecule has 13 heavy (non-hydrogen) atoms. The number of carbonyl (C=O) groups is 1. The van der Waals surface area contributed by atoms with E-state index in [1.54, 1.807) is 0 Å². The Balaban J connectivity index is 2.26. The van der Waals surface area contributed by atoms with Crippen LogP contribution in [-0.2, 0) is 4.79 Å². The molecule has 1 aliphatic rings. The lowest BCUT2D eigenvalue weighted by Gasteiger charge is -2.14. The molecule has 0 heterocycles. The van der Waals surface area contributed by atoms with E-state index in [2.05, 4.69) is 11.9 Å². The van der Waals surface area contributed by atoms with E-state index in [0.29, 0.717) is 5.92 Å². The number of hydrogen-bond acceptors (Lipinski definition) is 2. The molecular formula is C10H18N2O. The van der Waals surface area contributed by atoms with Crippen LogP contribution in [-0.4, -0.2) is 11.9 Å². The first-order chi connectivity index (χ1) is 6.24. The zero-order chi connectivity index (χ0) is 9.68. The van der Waals surface area contributed by atoms with Crippen LogP contribution in [0.3, 0.4) is 0 Å². The lowest BCUT2D eigenvalue weighted by molar-refractivity contribution is -0.121. The van der Waals surface area contributed by atoms with Crippen molar-refractivity contribution in [2.24, 2.45) is 11.7 Å². The summed E-state index contributed by atoms with van der Waals surface area (Å²) in [5, 5.41) is 2.52. The van der Waals surface area contributed by atoms with Crippen molar-refractivity contribution in [1.82, 2.24) is 5.32 Å². The third kappa shape index (κ3) is 3.19. The second-order valence-corrected chi connectivity index (χ2v) is 3.71. The van der Waals surface area contributed by atoms with Gasteiger partial charge in [-0.25, -0.2) is 0 Å². The van der Waals surface area contributed by atoms with Crippen LogP contribution in [0, 0.1) is 5.92 Å². The summed E-state index contributed by atoms with van der Waals surface area (Å²) in [6.07, 6.45) is 7.25. The van der Waals surface area contributed by atoms with E-state index in [4.69, 9.17) is 5.73 Å². The SMILES string of the molecule is C=CNC(=O)[C@@H](N)CC1CCCC1. The van der Waals surface area contributed by atoms with Crippen molar-refractivity contribution < 1.29 is 4.79 Å². The Kier molecular flexibility index (Phi) is 3.96. The molecule has 0 radical (unpaired) electrons. The largest absolute Gasteiger partial charge is 0.332 e. The van der Waals surface area contributed by atoms with Crippen molar-refractivity contribution in [3.63, 3.8) is 0 Å². The van der Waals surface area contributed by atoms with Gasteiger partial charge in [0, 0.05) is 0 Å². The molecule has 0 unspecified atom stereocenters. The summed E-state index contributed by atoms with van der Waals surface area (Å²) in [6, 6.07) is -0.360. The van der Waals surface area contributed by atoms with Crippen LogP contribution in [0.2, 0.25) is 0 Å². The van der Waals surface area contributed by atoms with Crippen LogP contribution in [0.25, 0.3) is 0 Å². The van der Waals surface area contributed by atoms with Crippen molar-refractivity contribution in [3.8, 4) is 0 Å². The molecule has 1 amide bonds. The average Bonchev–Trinajstić information content (AvgIpc) is 2.57. The molecule has 1 fully saturated rings. The molecule has 3 nitrogen and oxygen atoms in total. The van der Waals surface area contributed by atoms with E-state index in [-0.39, 0.29) is 11.9 Å². The highest BCUT2D eigenvalue weighted by Crippen LogP contribution is 2.28. The maximum Gasteiger partial charge on any atom is 0.240 e. The average molecular weight is 182 g/mol. The summed E-state index contributed by atoms with van der Waals surface area (Å²) in [4.78, 5) is 11.2. The first kappa shape index (κ1) is 10.3. The number of carbonyl (C=O) groups excluding carboxylic acids is 1. The van der Waals surface area contributed by atoms with Crippen molar-refractivity contribution in [3.05, 3.63) is 12.8 Å². The third-order valence-corrected chi connectivity index (χ3v) is 2.64. The Morgan fingerprint density at radius 3 is 2.77 bits per heavy atom. The number of amides is 1. The smallest absolute Gasteiger partial charge is 0.240 e. The van der Waals surface area contributed by atoms with E-state index >= 15 is 0 Å². The van der Waals surface area contributed by atoms with Crippen molar-refractivity contribution in [2.45, 2.75) is 38.1 Å². The summed E-state index contributed by atoms with van der Waals surface area (Å²) >= 11 is 0. The number of nitrogens with two attached hydrogens (primary N) is 1. The maximum absolute atomic E-state index is 11.2. The summed E-state index contributed by atoms with van der Waals surface area (Å²) < 4.78 is 0. The molecule has 3 heteroatoms. The van der Waals surface area contributed by atoms with Gasteiger partial charge in [-0.3, -0.25) is 4.79 Å². The first-order valence-electron chi connectivity index (χ1n) is 4.91. The Bertz CT molecular complexity index is 185. The van der Waals surface area contributed by atoms with Gasteiger partial charge in [-0.15, -0.1) is 0 Å². The topological polar surface area (TPSA) is 55.1 Å². The third-order valence-electron chi connectivity index (χ3n) is 2.64. The van der Waals surface area contributed by atoms with Gasteiger partial charge in [-0.05, 0) is 18.5 Å². The van der Waals surface area contributed by atoms with Gasteiger partial charge in [-0.2, -0.15) is 0 Å². The van der Waals surface area contributed by atoms with Gasteiger partial charge in [-0.1, -0.05) is 32.3 Å². The van der Waals surface area contributed by atoms with Gasteiger partial charge in [0.25, 0.3) is 0 Å². The van der Waals surface area contributed by atoms with Crippen LogP contribution in [0.4, 0.5) is 0 Å². The van der Waals surface area contributed by atoms with Crippen LogP contribution < -0.4 is 11.1 Å². The lowest BCUT2D eigenvalue weighted by Crippen LogP contribution is -2.39. The zero-order valence-corrected chi connectivity index (χ0v) is 7.96. The van der Waals surface area contributed by atoms with Gasteiger partial charge in [0.2, 0.25) is 5.91 Å². The molecule has 0 saturated heterocycles. The molecular weight excluding hydrogens is 164 g/mol. The Hall–Kier alpha value is -0.830. The summed E-state index contributed by atoms with van der Waals surface area (Å²) in [5.74, 6) is 0.549. The fourth-order valence-electron chi connectivity index (χ4n) is 1.92. The van der Waals surface area contributed by atoms with Crippen LogP contribution >= 0.6 is 0 Å². The monoisotopic (exact) mass is 182 g/mol. The molecule has 0 aromatic rings. The van der Waals surface area contributed by atoms with Crippen LogP contribution in [0.15, 0.2) is 12.8 Å². The molecule has 1 saturated carbocycles. The summed E-state index contributed by atoms with van der Waals surface area (Å²) in [6.45, 7) is 3.43. The number of hydrogen-bond donors (Lipinski definition) is 2. The minimum absolute atomic E-state index is 0.109. The summed E-state index contributed by atoms with van der Waals surface area (Å²) in [5.41, 5.74) is 5.72.